The molecule has 14 heteroatoms. The van der Waals surface area contributed by atoms with E-state index >= 15 is 8.78 Å². The predicted molar refractivity (Wildman–Crippen MR) is 166 cm³/mol. The molecule has 1 atom stereocenters. The topological polar surface area (TPSA) is 128 Å². The van der Waals surface area contributed by atoms with Crippen LogP contribution in [-0.2, 0) is 14.6 Å². The molecule has 0 radical (unpaired) electrons. The van der Waals surface area contributed by atoms with Gasteiger partial charge in [-0.05, 0) is 48.7 Å². The fourth-order valence-corrected chi connectivity index (χ4v) is 6.43. The van der Waals surface area contributed by atoms with Crippen LogP contribution in [0.1, 0.15) is 32.3 Å². The van der Waals surface area contributed by atoms with Crippen molar-refractivity contribution in [3.63, 3.8) is 0 Å². The van der Waals surface area contributed by atoms with Gasteiger partial charge in [-0.25, -0.2) is 36.5 Å². The van der Waals surface area contributed by atoms with E-state index < -0.39 is 37.9 Å². The van der Waals surface area contributed by atoms with Crippen molar-refractivity contribution in [3.8, 4) is 22.7 Å². The minimum Gasteiger partial charge on any atom is -0.496 e. The van der Waals surface area contributed by atoms with Crippen molar-refractivity contribution in [2.24, 2.45) is 0 Å². The van der Waals surface area contributed by atoms with Gasteiger partial charge in [-0.15, -0.1) is 0 Å². The molecule has 0 spiro atoms. The van der Waals surface area contributed by atoms with Gasteiger partial charge in [0.15, 0.2) is 26.3 Å². The lowest BCUT2D eigenvalue weighted by molar-refractivity contribution is -0.126. The second kappa shape index (κ2) is 12.0. The van der Waals surface area contributed by atoms with Crippen LogP contribution in [0.15, 0.2) is 59.0 Å². The number of pyridine rings is 2. The van der Waals surface area contributed by atoms with E-state index in [0.29, 0.717) is 5.56 Å². The summed E-state index contributed by atoms with van der Waals surface area (Å²) in [5.74, 6) is -2.20. The number of rotatable bonds is 7. The first-order valence-electron chi connectivity index (χ1n) is 14.1. The Labute approximate surface area is 258 Å². The fraction of sp³-hybridized carbons (Fsp3) is 0.323. The highest BCUT2D eigenvalue weighted by atomic mass is 32.2. The number of sulfone groups is 1. The average Bonchev–Trinajstić information content (AvgIpc) is 2.99. The molecule has 1 saturated heterocycles. The smallest absolute Gasteiger partial charge is 0.355 e. The number of nitrogens with zero attached hydrogens (tertiary/aromatic N) is 6. The Morgan fingerprint density at radius 1 is 1.16 bits per heavy atom. The molecule has 1 amide bonds. The number of halogens is 2. The van der Waals surface area contributed by atoms with E-state index in [1.165, 1.54) is 31.5 Å². The lowest BCUT2D eigenvalue weighted by atomic mass is 10.0. The first-order valence-corrected chi connectivity index (χ1v) is 16.0. The summed E-state index contributed by atoms with van der Waals surface area (Å²) in [7, 11) is -2.70. The summed E-state index contributed by atoms with van der Waals surface area (Å²) in [5.41, 5.74) is -1.43. The summed E-state index contributed by atoms with van der Waals surface area (Å²) >= 11 is 0. The first-order chi connectivity index (χ1) is 21.3. The monoisotopic (exact) mass is 638 g/mol. The molecular weight excluding hydrogens is 606 g/mol. The number of fused-ring (bicyclic) bond motifs is 1. The molecule has 5 rings (SSSR count). The largest absolute Gasteiger partial charge is 0.496 e. The molecule has 1 aromatic carbocycles. The van der Waals surface area contributed by atoms with Gasteiger partial charge in [-0.1, -0.05) is 26.5 Å². The molecule has 236 valence electrons. The van der Waals surface area contributed by atoms with Crippen LogP contribution in [0, 0.1) is 11.6 Å². The zero-order valence-corrected chi connectivity index (χ0v) is 26.2. The van der Waals surface area contributed by atoms with Crippen LogP contribution in [0.2, 0.25) is 0 Å². The maximum Gasteiger partial charge on any atom is 0.355 e. The minimum atomic E-state index is -4.00. The average molecular weight is 639 g/mol. The van der Waals surface area contributed by atoms with Gasteiger partial charge in [0.2, 0.25) is 5.91 Å². The van der Waals surface area contributed by atoms with E-state index in [4.69, 9.17) is 4.74 Å². The van der Waals surface area contributed by atoms with Crippen molar-refractivity contribution in [2.75, 3.05) is 37.9 Å². The Hall–Kier alpha value is -4.72. The number of amides is 1. The number of anilines is 1. The summed E-state index contributed by atoms with van der Waals surface area (Å²) in [4.78, 5) is 42.7. The number of ether oxygens (including phenoxy) is 1. The molecule has 0 aliphatic carbocycles. The van der Waals surface area contributed by atoms with Crippen LogP contribution in [0.4, 0.5) is 14.6 Å². The SMILES string of the molecule is C=CC(=O)N1CCN(c2nc(=O)n(-c3c(C(C)C)ccnc3S(C)(=O)=O)c3nc(-c4c(F)cccc4OC)c(F)cc23)[C@@H](C)C1. The number of piperazine rings is 1. The molecule has 1 aliphatic heterocycles. The van der Waals surface area contributed by atoms with Crippen LogP contribution in [0.25, 0.3) is 28.0 Å². The third kappa shape index (κ3) is 5.65. The number of methoxy groups -OCH3 is 1. The quantitative estimate of drug-likeness (QED) is 0.277. The number of carbonyl (C=O) groups excluding carboxylic acids is 1. The lowest BCUT2D eigenvalue weighted by Crippen LogP contribution is -2.54. The molecule has 0 unspecified atom stereocenters. The maximum atomic E-state index is 16.1. The fourth-order valence-electron chi connectivity index (χ4n) is 5.62. The van der Waals surface area contributed by atoms with Gasteiger partial charge in [0.1, 0.15) is 23.1 Å². The highest BCUT2D eigenvalue weighted by Crippen LogP contribution is 2.37. The predicted octanol–water partition coefficient (Wildman–Crippen LogP) is 3.88. The molecule has 1 aliphatic rings. The zero-order valence-electron chi connectivity index (χ0n) is 25.4. The van der Waals surface area contributed by atoms with E-state index in [1.54, 1.807) is 15.9 Å². The standard InChI is InChI=1S/C31H32F2N6O5S/c1-7-24(40)37-13-14-38(18(4)16-37)28-20-15-22(33)26(25-21(32)9-8-10-23(25)44-5)35-29(20)39(31(41)36-28)27-19(17(2)3)11-12-34-30(27)45(6,42)43/h7-12,15,17-18H,1,13-14,16H2,2-6H3/t18-/m0/s1. The van der Waals surface area contributed by atoms with Crippen LogP contribution in [-0.4, -0.2) is 77.8 Å². The maximum absolute atomic E-state index is 16.1. The Morgan fingerprint density at radius 2 is 1.89 bits per heavy atom. The minimum absolute atomic E-state index is 0.00151. The molecule has 45 heavy (non-hydrogen) atoms. The third-order valence-corrected chi connectivity index (χ3v) is 8.74. The van der Waals surface area contributed by atoms with Gasteiger partial charge in [0.05, 0.1) is 23.7 Å². The molecule has 0 saturated carbocycles. The van der Waals surface area contributed by atoms with Crippen LogP contribution in [0.5, 0.6) is 5.75 Å². The van der Waals surface area contributed by atoms with E-state index in [-0.39, 0.29) is 71.4 Å². The molecular formula is C31H32F2N6O5S. The van der Waals surface area contributed by atoms with Gasteiger partial charge in [0.25, 0.3) is 0 Å². The van der Waals surface area contributed by atoms with Crippen molar-refractivity contribution in [1.82, 2.24) is 24.4 Å². The van der Waals surface area contributed by atoms with E-state index in [0.717, 1.165) is 23.0 Å². The molecule has 0 N–H and O–H groups in total. The highest BCUT2D eigenvalue weighted by Gasteiger charge is 2.32. The third-order valence-electron chi connectivity index (χ3n) is 7.74. The number of aromatic nitrogens is 4. The Balaban J connectivity index is 1.90. The summed E-state index contributed by atoms with van der Waals surface area (Å²) in [6.07, 6.45) is 3.51. The first kappa shape index (κ1) is 31.7. The van der Waals surface area contributed by atoms with Gasteiger partial charge in [-0.2, -0.15) is 4.98 Å². The Kier molecular flexibility index (Phi) is 8.45. The number of hydrogen-bond donors (Lipinski definition) is 0. The summed E-state index contributed by atoms with van der Waals surface area (Å²) in [6, 6.07) is 6.29. The van der Waals surface area contributed by atoms with Crippen molar-refractivity contribution in [2.45, 2.75) is 37.8 Å². The molecule has 3 aromatic heterocycles. The molecule has 0 bridgehead atoms. The Bertz CT molecular complexity index is 2010. The Morgan fingerprint density at radius 3 is 2.51 bits per heavy atom. The van der Waals surface area contributed by atoms with Crippen molar-refractivity contribution in [3.05, 3.63) is 76.9 Å². The number of benzene rings is 1. The van der Waals surface area contributed by atoms with Gasteiger partial charge >= 0.3 is 5.69 Å². The summed E-state index contributed by atoms with van der Waals surface area (Å²) in [5, 5.41) is -0.327. The van der Waals surface area contributed by atoms with Gasteiger partial charge < -0.3 is 14.5 Å². The number of carbonyl (C=O) groups is 1. The lowest BCUT2D eigenvalue weighted by Gasteiger charge is -2.40. The summed E-state index contributed by atoms with van der Waals surface area (Å²) < 4.78 is 63.6. The zero-order chi connectivity index (χ0) is 32.8. The van der Waals surface area contributed by atoms with Gasteiger partial charge in [-0.3, -0.25) is 4.79 Å². The highest BCUT2D eigenvalue weighted by molar-refractivity contribution is 7.90. The van der Waals surface area contributed by atoms with E-state index in [2.05, 4.69) is 21.5 Å². The van der Waals surface area contributed by atoms with E-state index in [1.807, 2.05) is 20.8 Å². The van der Waals surface area contributed by atoms with Crippen LogP contribution in [0.3, 0.4) is 0 Å². The molecule has 4 heterocycles. The van der Waals surface area contributed by atoms with Crippen molar-refractivity contribution in [1.29, 1.82) is 0 Å². The second-order valence-corrected chi connectivity index (χ2v) is 13.0. The normalized spacial score (nSPS) is 15.5. The van der Waals surface area contributed by atoms with Crippen LogP contribution < -0.4 is 15.3 Å². The van der Waals surface area contributed by atoms with E-state index in [9.17, 15) is 18.0 Å². The molecule has 1 fully saturated rings. The van der Waals surface area contributed by atoms with Crippen molar-refractivity contribution >= 4 is 32.6 Å². The number of hydrogen-bond acceptors (Lipinski definition) is 9. The van der Waals surface area contributed by atoms with Crippen LogP contribution >= 0.6 is 0 Å². The van der Waals surface area contributed by atoms with Gasteiger partial charge in [0, 0.05) is 38.1 Å². The van der Waals surface area contributed by atoms with Crippen molar-refractivity contribution < 1.29 is 26.7 Å². The summed E-state index contributed by atoms with van der Waals surface area (Å²) in [6.45, 7) is 9.79. The second-order valence-electron chi connectivity index (χ2n) is 11.1. The molecule has 11 nitrogen and oxygen atoms in total. The molecule has 4 aromatic rings.